The van der Waals surface area contributed by atoms with Crippen LogP contribution in [0.2, 0.25) is 10.0 Å². The van der Waals surface area contributed by atoms with Gasteiger partial charge >= 0.3 is 0 Å². The molecule has 0 saturated carbocycles. The summed E-state index contributed by atoms with van der Waals surface area (Å²) in [5.41, 5.74) is 2.98. The van der Waals surface area contributed by atoms with E-state index in [9.17, 15) is 9.59 Å². The summed E-state index contributed by atoms with van der Waals surface area (Å²) in [6, 6.07) is 12.7. The number of carbonyl (C=O) groups is 1. The molecule has 0 aliphatic rings. The van der Waals surface area contributed by atoms with E-state index in [0.29, 0.717) is 31.8 Å². The highest BCUT2D eigenvalue weighted by atomic mass is 35.5. The minimum atomic E-state index is -0.275. The second kappa shape index (κ2) is 9.27. The van der Waals surface area contributed by atoms with Crippen molar-refractivity contribution in [2.24, 2.45) is 0 Å². The van der Waals surface area contributed by atoms with Gasteiger partial charge in [0.2, 0.25) is 5.91 Å². The van der Waals surface area contributed by atoms with Crippen LogP contribution < -0.4 is 10.9 Å². The lowest BCUT2D eigenvalue weighted by atomic mass is 10.2. The zero-order chi connectivity index (χ0) is 23.0. The van der Waals surface area contributed by atoms with Crippen molar-refractivity contribution in [2.45, 2.75) is 25.9 Å². The van der Waals surface area contributed by atoms with Crippen molar-refractivity contribution in [3.8, 4) is 5.69 Å². The molecule has 0 bridgehead atoms. The zero-order valence-corrected chi connectivity index (χ0v) is 20.7. The van der Waals surface area contributed by atoms with Gasteiger partial charge in [0, 0.05) is 4.88 Å². The average Bonchev–Trinajstić information content (AvgIpc) is 3.03. The molecule has 2 aromatic carbocycles. The second-order valence-corrected chi connectivity index (χ2v) is 10.2. The van der Waals surface area contributed by atoms with E-state index >= 15 is 0 Å². The molecule has 0 radical (unpaired) electrons. The van der Waals surface area contributed by atoms with Gasteiger partial charge in [-0.1, -0.05) is 53.2 Å². The number of aromatic nitrogens is 2. The van der Waals surface area contributed by atoms with E-state index in [0.717, 1.165) is 16.0 Å². The maximum absolute atomic E-state index is 13.5. The molecule has 0 aliphatic heterocycles. The minimum Gasteiger partial charge on any atom is -0.324 e. The first kappa shape index (κ1) is 22.9. The van der Waals surface area contributed by atoms with E-state index in [4.69, 9.17) is 28.2 Å². The predicted octanol–water partition coefficient (Wildman–Crippen LogP) is 6.41. The van der Waals surface area contributed by atoms with Crippen molar-refractivity contribution in [2.75, 3.05) is 11.1 Å². The number of nitrogens with one attached hydrogen (secondary N) is 1. The summed E-state index contributed by atoms with van der Waals surface area (Å²) in [7, 11) is 0. The van der Waals surface area contributed by atoms with Crippen LogP contribution in [0.15, 0.2) is 52.4 Å². The van der Waals surface area contributed by atoms with E-state index < -0.39 is 0 Å². The second-order valence-electron chi connectivity index (χ2n) is 7.28. The SMILES string of the molecule is Cc1cccc(-n2c(SCC(=O)Nc3cccc(Cl)c3Cl)nc3sc(C)c(C)c3c2=O)c1. The third kappa shape index (κ3) is 4.43. The molecule has 0 unspecified atom stereocenters. The highest BCUT2D eigenvalue weighted by Crippen LogP contribution is 2.31. The van der Waals surface area contributed by atoms with Gasteiger partial charge in [-0.2, -0.15) is 0 Å². The zero-order valence-electron chi connectivity index (χ0n) is 17.5. The fraction of sp³-hybridized carbons (Fsp3) is 0.174. The smallest absolute Gasteiger partial charge is 0.267 e. The lowest BCUT2D eigenvalue weighted by molar-refractivity contribution is -0.113. The number of carbonyl (C=O) groups excluding carboxylic acids is 1. The molecule has 0 fully saturated rings. The molecule has 2 heterocycles. The molecular formula is C23H19Cl2N3O2S2. The van der Waals surface area contributed by atoms with Crippen molar-refractivity contribution in [1.29, 1.82) is 0 Å². The van der Waals surface area contributed by atoms with Crippen LogP contribution in [0.4, 0.5) is 5.69 Å². The standard InChI is InChI=1S/C23H19Cl2N3O2S2/c1-12-6-4-7-15(10-12)28-22(30)19-13(2)14(3)32-21(19)27-23(28)31-11-18(29)26-17-9-5-8-16(24)20(17)25/h4-10H,11H2,1-3H3,(H,26,29). The number of anilines is 1. The Morgan fingerprint density at radius 3 is 2.66 bits per heavy atom. The van der Waals surface area contributed by atoms with Crippen LogP contribution in [-0.4, -0.2) is 21.2 Å². The van der Waals surface area contributed by atoms with Crippen LogP contribution in [-0.2, 0) is 4.79 Å². The number of halogens is 2. The molecule has 1 amide bonds. The Kier molecular flexibility index (Phi) is 6.62. The van der Waals surface area contributed by atoms with Crippen LogP contribution in [0.5, 0.6) is 0 Å². The Bertz CT molecular complexity index is 1410. The molecule has 9 heteroatoms. The summed E-state index contributed by atoms with van der Waals surface area (Å²) < 4.78 is 1.58. The Morgan fingerprint density at radius 2 is 1.91 bits per heavy atom. The highest BCUT2D eigenvalue weighted by Gasteiger charge is 2.19. The maximum atomic E-state index is 13.5. The number of thiophene rings is 1. The molecule has 1 N–H and O–H groups in total. The minimum absolute atomic E-state index is 0.0515. The number of amides is 1. The number of rotatable bonds is 5. The van der Waals surface area contributed by atoms with Gasteiger partial charge in [0.1, 0.15) is 4.83 Å². The Balaban J connectivity index is 1.71. The quantitative estimate of drug-likeness (QED) is 0.252. The predicted molar refractivity (Wildman–Crippen MR) is 135 cm³/mol. The summed E-state index contributed by atoms with van der Waals surface area (Å²) >= 11 is 14.9. The highest BCUT2D eigenvalue weighted by molar-refractivity contribution is 7.99. The van der Waals surface area contributed by atoms with Gasteiger partial charge in [-0.3, -0.25) is 14.2 Å². The molecule has 0 aliphatic carbocycles. The molecule has 164 valence electrons. The first-order valence-corrected chi connectivity index (χ1v) is 12.3. The van der Waals surface area contributed by atoms with E-state index in [1.54, 1.807) is 22.8 Å². The van der Waals surface area contributed by atoms with Crippen LogP contribution in [0.25, 0.3) is 15.9 Å². The van der Waals surface area contributed by atoms with E-state index in [1.165, 1.54) is 23.1 Å². The van der Waals surface area contributed by atoms with Crippen molar-refractivity contribution in [1.82, 2.24) is 9.55 Å². The number of hydrogen-bond acceptors (Lipinski definition) is 5. The van der Waals surface area contributed by atoms with Gasteiger partial charge < -0.3 is 5.32 Å². The fourth-order valence-corrected chi connectivity index (χ4v) is 5.51. The van der Waals surface area contributed by atoms with Crippen molar-refractivity contribution < 1.29 is 4.79 Å². The summed E-state index contributed by atoms with van der Waals surface area (Å²) in [4.78, 5) is 32.6. The van der Waals surface area contributed by atoms with Gasteiger partial charge in [0.15, 0.2) is 5.16 Å². The average molecular weight is 504 g/mol. The number of aryl methyl sites for hydroxylation is 3. The Labute approximate surface area is 203 Å². The van der Waals surface area contributed by atoms with Crippen molar-refractivity contribution in [3.05, 3.63) is 78.9 Å². The fourth-order valence-electron chi connectivity index (χ4n) is 3.28. The lowest BCUT2D eigenvalue weighted by Gasteiger charge is -2.13. The topological polar surface area (TPSA) is 64.0 Å². The molecule has 4 aromatic rings. The summed E-state index contributed by atoms with van der Waals surface area (Å²) in [5.74, 6) is -0.224. The third-order valence-corrected chi connectivity index (χ3v) is 7.85. The number of benzene rings is 2. The van der Waals surface area contributed by atoms with Crippen LogP contribution >= 0.6 is 46.3 Å². The summed E-state index contributed by atoms with van der Waals surface area (Å²) in [6.07, 6.45) is 0. The van der Waals surface area contributed by atoms with Crippen LogP contribution in [0, 0.1) is 20.8 Å². The van der Waals surface area contributed by atoms with Gasteiger partial charge in [0.05, 0.1) is 32.6 Å². The molecule has 4 rings (SSSR count). The van der Waals surface area contributed by atoms with E-state index in [2.05, 4.69) is 5.32 Å². The lowest BCUT2D eigenvalue weighted by Crippen LogP contribution is -2.23. The van der Waals surface area contributed by atoms with E-state index in [-0.39, 0.29) is 22.2 Å². The van der Waals surface area contributed by atoms with Gasteiger partial charge in [0.25, 0.3) is 5.56 Å². The molecule has 0 saturated heterocycles. The third-order valence-electron chi connectivity index (χ3n) is 4.99. The number of thioether (sulfide) groups is 1. The molecule has 0 spiro atoms. The summed E-state index contributed by atoms with van der Waals surface area (Å²) in [6.45, 7) is 5.88. The van der Waals surface area contributed by atoms with Crippen LogP contribution in [0.1, 0.15) is 16.0 Å². The molecule has 32 heavy (non-hydrogen) atoms. The number of fused-ring (bicyclic) bond motifs is 1. The van der Waals surface area contributed by atoms with Gasteiger partial charge in [-0.05, 0) is 56.2 Å². The number of nitrogens with zero attached hydrogens (tertiary/aromatic N) is 2. The number of hydrogen-bond donors (Lipinski definition) is 1. The largest absolute Gasteiger partial charge is 0.324 e. The van der Waals surface area contributed by atoms with Gasteiger partial charge in [-0.25, -0.2) is 4.98 Å². The first-order valence-electron chi connectivity index (χ1n) is 9.72. The van der Waals surface area contributed by atoms with E-state index in [1.807, 2.05) is 45.0 Å². The Morgan fingerprint density at radius 1 is 1.16 bits per heavy atom. The maximum Gasteiger partial charge on any atom is 0.267 e. The molecular weight excluding hydrogens is 485 g/mol. The van der Waals surface area contributed by atoms with Crippen molar-refractivity contribution in [3.63, 3.8) is 0 Å². The molecule has 2 aromatic heterocycles. The Hall–Kier alpha value is -2.32. The monoisotopic (exact) mass is 503 g/mol. The van der Waals surface area contributed by atoms with Gasteiger partial charge in [-0.15, -0.1) is 11.3 Å². The van der Waals surface area contributed by atoms with Crippen molar-refractivity contribution >= 4 is 68.1 Å². The first-order chi connectivity index (χ1) is 15.3. The normalized spacial score (nSPS) is 11.2. The van der Waals surface area contributed by atoms with Crippen LogP contribution in [0.3, 0.4) is 0 Å². The molecule has 5 nitrogen and oxygen atoms in total. The summed E-state index contributed by atoms with van der Waals surface area (Å²) in [5, 5.41) is 4.49. The molecule has 0 atom stereocenters.